The Balaban J connectivity index is 2.36. The van der Waals surface area contributed by atoms with Gasteiger partial charge in [-0.1, -0.05) is 13.8 Å². The summed E-state index contributed by atoms with van der Waals surface area (Å²) < 4.78 is 13.8. The van der Waals surface area contributed by atoms with E-state index in [1.807, 2.05) is 13.8 Å². The van der Waals surface area contributed by atoms with Crippen molar-refractivity contribution in [3.63, 3.8) is 0 Å². The van der Waals surface area contributed by atoms with Crippen LogP contribution in [0.25, 0.3) is 10.6 Å². The van der Waals surface area contributed by atoms with Crippen molar-refractivity contribution in [1.82, 2.24) is 10.3 Å². The molecular formula is C14H17FN2OS. The summed E-state index contributed by atoms with van der Waals surface area (Å²) in [5, 5.41) is 13.2. The van der Waals surface area contributed by atoms with Gasteiger partial charge in [-0.3, -0.25) is 0 Å². The number of rotatable bonds is 5. The van der Waals surface area contributed by atoms with E-state index in [0.717, 1.165) is 36.1 Å². The Morgan fingerprint density at radius 3 is 2.79 bits per heavy atom. The fourth-order valence-corrected chi connectivity index (χ4v) is 2.98. The van der Waals surface area contributed by atoms with E-state index in [1.165, 1.54) is 17.4 Å². The van der Waals surface area contributed by atoms with Gasteiger partial charge >= 0.3 is 0 Å². The Hall–Kier alpha value is -1.46. The minimum atomic E-state index is -0.439. The van der Waals surface area contributed by atoms with Crippen LogP contribution in [0.1, 0.15) is 24.4 Å². The van der Waals surface area contributed by atoms with Gasteiger partial charge in [0.05, 0.1) is 5.69 Å². The summed E-state index contributed by atoms with van der Waals surface area (Å²) in [5.74, 6) is -0.507. The number of nitrogens with one attached hydrogen (secondary N) is 1. The van der Waals surface area contributed by atoms with Gasteiger partial charge in [0.15, 0.2) is 0 Å². The summed E-state index contributed by atoms with van der Waals surface area (Å²) in [5.41, 5.74) is 1.45. The second kappa shape index (κ2) is 6.12. The van der Waals surface area contributed by atoms with Gasteiger partial charge in [0.25, 0.3) is 0 Å². The highest BCUT2D eigenvalue weighted by Crippen LogP contribution is 2.31. The zero-order chi connectivity index (χ0) is 13.8. The number of aromatic hydroxyl groups is 1. The standard InChI is InChI=1S/C14H17FN2OS/c1-3-12-13(8-16-4-2)19-14(17-12)10-6-5-9(18)7-11(10)15/h5-7,16,18H,3-4,8H2,1-2H3. The van der Waals surface area contributed by atoms with E-state index in [2.05, 4.69) is 10.3 Å². The summed E-state index contributed by atoms with van der Waals surface area (Å²) in [4.78, 5) is 5.64. The van der Waals surface area contributed by atoms with Gasteiger partial charge < -0.3 is 10.4 Å². The number of hydrogen-bond donors (Lipinski definition) is 2. The molecule has 2 aromatic rings. The predicted octanol–water partition coefficient (Wildman–Crippen LogP) is 3.33. The smallest absolute Gasteiger partial charge is 0.137 e. The SMILES string of the molecule is CCNCc1sc(-c2ccc(O)cc2F)nc1CC. The van der Waals surface area contributed by atoms with Crippen LogP contribution in [0.5, 0.6) is 5.75 Å². The van der Waals surface area contributed by atoms with E-state index in [4.69, 9.17) is 0 Å². The van der Waals surface area contributed by atoms with Crippen molar-refractivity contribution < 1.29 is 9.50 Å². The molecule has 2 N–H and O–H groups in total. The van der Waals surface area contributed by atoms with E-state index in [1.54, 1.807) is 6.07 Å². The monoisotopic (exact) mass is 280 g/mol. The summed E-state index contributed by atoms with van der Waals surface area (Å²) in [6, 6.07) is 4.17. The van der Waals surface area contributed by atoms with Crippen molar-refractivity contribution >= 4 is 11.3 Å². The molecule has 0 aliphatic carbocycles. The summed E-state index contributed by atoms with van der Waals surface area (Å²) in [7, 11) is 0. The molecule has 0 amide bonds. The molecule has 19 heavy (non-hydrogen) atoms. The Bertz CT molecular complexity index is 569. The molecule has 0 radical (unpaired) electrons. The summed E-state index contributed by atoms with van der Waals surface area (Å²) >= 11 is 1.50. The highest BCUT2D eigenvalue weighted by molar-refractivity contribution is 7.15. The average Bonchev–Trinajstić information content (AvgIpc) is 2.79. The summed E-state index contributed by atoms with van der Waals surface area (Å²) in [6.07, 6.45) is 0.830. The zero-order valence-electron chi connectivity index (χ0n) is 11.0. The van der Waals surface area contributed by atoms with Crippen molar-refractivity contribution in [3.05, 3.63) is 34.6 Å². The molecule has 1 aromatic heterocycles. The Kier molecular flexibility index (Phi) is 4.50. The van der Waals surface area contributed by atoms with E-state index < -0.39 is 5.82 Å². The molecule has 5 heteroatoms. The highest BCUT2D eigenvalue weighted by atomic mass is 32.1. The first kappa shape index (κ1) is 14.0. The molecule has 0 unspecified atom stereocenters. The fourth-order valence-electron chi connectivity index (χ4n) is 1.83. The van der Waals surface area contributed by atoms with Crippen molar-refractivity contribution in [2.75, 3.05) is 6.54 Å². The van der Waals surface area contributed by atoms with Gasteiger partial charge in [-0.15, -0.1) is 11.3 Å². The molecule has 0 atom stereocenters. The minimum absolute atomic E-state index is 0.0682. The van der Waals surface area contributed by atoms with Crippen LogP contribution in [-0.4, -0.2) is 16.6 Å². The number of benzene rings is 1. The van der Waals surface area contributed by atoms with Gasteiger partial charge in [0.1, 0.15) is 16.6 Å². The topological polar surface area (TPSA) is 45.1 Å². The van der Waals surface area contributed by atoms with Gasteiger partial charge in [0, 0.05) is 23.1 Å². The summed E-state index contributed by atoms with van der Waals surface area (Å²) in [6.45, 7) is 5.75. The molecule has 1 heterocycles. The highest BCUT2D eigenvalue weighted by Gasteiger charge is 2.14. The number of phenols is 1. The molecule has 0 aliphatic heterocycles. The maximum Gasteiger partial charge on any atom is 0.137 e. The normalized spacial score (nSPS) is 10.9. The molecule has 2 rings (SSSR count). The van der Waals surface area contributed by atoms with Crippen LogP contribution in [0.15, 0.2) is 18.2 Å². The Labute approximate surface area is 116 Å². The van der Waals surface area contributed by atoms with Crippen LogP contribution in [0.3, 0.4) is 0 Å². The molecule has 0 saturated heterocycles. The van der Waals surface area contributed by atoms with Crippen LogP contribution in [0, 0.1) is 5.82 Å². The molecule has 102 valence electrons. The van der Waals surface area contributed by atoms with Crippen molar-refractivity contribution in [1.29, 1.82) is 0 Å². The predicted molar refractivity (Wildman–Crippen MR) is 75.9 cm³/mol. The molecule has 0 bridgehead atoms. The van der Waals surface area contributed by atoms with E-state index in [-0.39, 0.29) is 5.75 Å². The Morgan fingerprint density at radius 1 is 1.37 bits per heavy atom. The molecular weight excluding hydrogens is 263 g/mol. The van der Waals surface area contributed by atoms with Crippen molar-refractivity contribution in [3.8, 4) is 16.3 Å². The molecule has 1 aromatic carbocycles. The molecule has 0 spiro atoms. The number of halogens is 1. The van der Waals surface area contributed by atoms with E-state index >= 15 is 0 Å². The third-order valence-corrected chi connectivity index (χ3v) is 3.96. The number of aryl methyl sites for hydroxylation is 1. The zero-order valence-corrected chi connectivity index (χ0v) is 11.9. The van der Waals surface area contributed by atoms with Crippen LogP contribution in [0.2, 0.25) is 0 Å². The second-order valence-corrected chi connectivity index (χ2v) is 5.27. The first-order chi connectivity index (χ1) is 9.15. The van der Waals surface area contributed by atoms with Gasteiger partial charge in [-0.05, 0) is 25.1 Å². The lowest BCUT2D eigenvalue weighted by Gasteiger charge is -1.99. The third kappa shape index (κ3) is 3.11. The minimum Gasteiger partial charge on any atom is -0.508 e. The van der Waals surface area contributed by atoms with E-state index in [9.17, 15) is 9.50 Å². The van der Waals surface area contributed by atoms with Crippen LogP contribution in [-0.2, 0) is 13.0 Å². The lowest BCUT2D eigenvalue weighted by Crippen LogP contribution is -2.11. The maximum atomic E-state index is 13.8. The van der Waals surface area contributed by atoms with Gasteiger partial charge in [0.2, 0.25) is 0 Å². The van der Waals surface area contributed by atoms with Crippen LogP contribution in [0.4, 0.5) is 4.39 Å². The third-order valence-electron chi connectivity index (χ3n) is 2.83. The maximum absolute atomic E-state index is 13.8. The lowest BCUT2D eigenvalue weighted by molar-refractivity contribution is 0.469. The molecule has 0 aliphatic rings. The molecule has 0 saturated carbocycles. The van der Waals surface area contributed by atoms with Crippen molar-refractivity contribution in [2.45, 2.75) is 26.8 Å². The van der Waals surface area contributed by atoms with Crippen LogP contribution < -0.4 is 5.32 Å². The molecule has 3 nitrogen and oxygen atoms in total. The second-order valence-electron chi connectivity index (χ2n) is 4.19. The number of hydrogen-bond acceptors (Lipinski definition) is 4. The number of thiazole rings is 1. The van der Waals surface area contributed by atoms with Crippen molar-refractivity contribution in [2.24, 2.45) is 0 Å². The first-order valence-corrected chi connectivity index (χ1v) is 7.15. The van der Waals surface area contributed by atoms with Gasteiger partial charge in [-0.2, -0.15) is 0 Å². The molecule has 0 fully saturated rings. The first-order valence-electron chi connectivity index (χ1n) is 6.33. The average molecular weight is 280 g/mol. The van der Waals surface area contributed by atoms with Crippen LogP contribution >= 0.6 is 11.3 Å². The largest absolute Gasteiger partial charge is 0.508 e. The number of nitrogens with zero attached hydrogens (tertiary/aromatic N) is 1. The van der Waals surface area contributed by atoms with Gasteiger partial charge in [-0.25, -0.2) is 9.37 Å². The lowest BCUT2D eigenvalue weighted by atomic mass is 10.2. The van der Waals surface area contributed by atoms with E-state index in [0.29, 0.717) is 10.6 Å². The fraction of sp³-hybridized carbons (Fsp3) is 0.357. The quantitative estimate of drug-likeness (QED) is 0.883. The Morgan fingerprint density at radius 2 is 2.16 bits per heavy atom. The number of aromatic nitrogens is 1. The number of phenolic OH excluding ortho intramolecular Hbond substituents is 1.